The van der Waals surface area contributed by atoms with Crippen LogP contribution in [0.1, 0.15) is 26.2 Å². The molecular weight excluding hydrogens is 173 g/mol. The average Bonchev–Trinajstić information content (AvgIpc) is 1.96. The van der Waals surface area contributed by atoms with Crippen LogP contribution in [0.15, 0.2) is 0 Å². The Balaban J connectivity index is 3.45. The van der Waals surface area contributed by atoms with Gasteiger partial charge in [-0.2, -0.15) is 13.2 Å². The lowest BCUT2D eigenvalue weighted by Crippen LogP contribution is -2.25. The fourth-order valence-corrected chi connectivity index (χ4v) is 0.599. The number of ether oxygens (including phenoxy) is 1. The number of esters is 1. The predicted molar refractivity (Wildman–Crippen MR) is 36.5 cm³/mol. The Morgan fingerprint density at radius 3 is 2.33 bits per heavy atom. The zero-order valence-electron chi connectivity index (χ0n) is 6.78. The first-order chi connectivity index (χ1) is 5.48. The fourth-order valence-electron chi connectivity index (χ4n) is 0.599. The van der Waals surface area contributed by atoms with E-state index in [9.17, 15) is 18.0 Å². The Labute approximate surface area is 68.7 Å². The zero-order chi connectivity index (χ0) is 9.61. The number of hydrogen-bond donors (Lipinski definition) is 0. The van der Waals surface area contributed by atoms with Gasteiger partial charge in [0.1, 0.15) is 0 Å². The van der Waals surface area contributed by atoms with Crippen LogP contribution < -0.4 is 0 Å². The van der Waals surface area contributed by atoms with Crippen LogP contribution in [-0.4, -0.2) is 18.8 Å². The summed E-state index contributed by atoms with van der Waals surface area (Å²) in [5.41, 5.74) is 0. The van der Waals surface area contributed by atoms with Crippen LogP contribution in [-0.2, 0) is 9.53 Å². The summed E-state index contributed by atoms with van der Waals surface area (Å²) in [6.45, 7) is 1.76. The van der Waals surface area contributed by atoms with Gasteiger partial charge in [-0.3, -0.25) is 0 Å². The minimum atomic E-state index is -4.85. The molecule has 0 aromatic carbocycles. The number of alkyl halides is 3. The molecule has 12 heavy (non-hydrogen) atoms. The molecule has 0 atom stereocenters. The maximum absolute atomic E-state index is 11.5. The summed E-state index contributed by atoms with van der Waals surface area (Å²) in [7, 11) is 0. The van der Waals surface area contributed by atoms with E-state index in [2.05, 4.69) is 4.74 Å². The van der Waals surface area contributed by atoms with Crippen LogP contribution in [0.4, 0.5) is 13.2 Å². The number of hydrogen-bond acceptors (Lipinski definition) is 2. The molecular formula is C7H11F3O2. The van der Waals surface area contributed by atoms with Gasteiger partial charge in [-0.1, -0.05) is 19.8 Å². The van der Waals surface area contributed by atoms with E-state index < -0.39 is 12.1 Å². The van der Waals surface area contributed by atoms with Crippen molar-refractivity contribution in [2.45, 2.75) is 32.4 Å². The maximum atomic E-state index is 11.5. The van der Waals surface area contributed by atoms with E-state index >= 15 is 0 Å². The summed E-state index contributed by atoms with van der Waals surface area (Å²) < 4.78 is 38.4. The first-order valence-electron chi connectivity index (χ1n) is 3.72. The topological polar surface area (TPSA) is 26.3 Å². The normalized spacial score (nSPS) is 11.3. The van der Waals surface area contributed by atoms with Crippen molar-refractivity contribution >= 4 is 5.97 Å². The molecule has 0 N–H and O–H groups in total. The van der Waals surface area contributed by atoms with Gasteiger partial charge in [0.2, 0.25) is 0 Å². The zero-order valence-corrected chi connectivity index (χ0v) is 6.78. The molecule has 0 amide bonds. The molecule has 0 heterocycles. The average molecular weight is 184 g/mol. The molecule has 5 heteroatoms. The summed E-state index contributed by atoms with van der Waals surface area (Å²) in [6.07, 6.45) is -2.72. The van der Waals surface area contributed by atoms with Crippen LogP contribution in [0, 0.1) is 0 Å². The highest BCUT2D eigenvalue weighted by atomic mass is 19.4. The molecule has 0 bridgehead atoms. The summed E-state index contributed by atoms with van der Waals surface area (Å²) in [4.78, 5) is 10.1. The minimum absolute atomic E-state index is 0.147. The molecule has 0 spiro atoms. The molecule has 0 rings (SSSR count). The number of halogens is 3. The van der Waals surface area contributed by atoms with Crippen LogP contribution in [0.2, 0.25) is 0 Å². The van der Waals surface area contributed by atoms with Gasteiger partial charge in [0.05, 0.1) is 6.61 Å². The number of carbonyl (C=O) groups excluding carboxylic acids is 1. The molecule has 0 unspecified atom stereocenters. The minimum Gasteiger partial charge on any atom is -0.459 e. The number of unbranched alkanes of at least 4 members (excludes halogenated alkanes) is 2. The smallest absolute Gasteiger partial charge is 0.459 e. The monoisotopic (exact) mass is 184 g/mol. The van der Waals surface area contributed by atoms with Gasteiger partial charge in [-0.25, -0.2) is 4.79 Å². The van der Waals surface area contributed by atoms with Gasteiger partial charge in [-0.15, -0.1) is 0 Å². The molecule has 0 radical (unpaired) electrons. The number of rotatable bonds is 4. The van der Waals surface area contributed by atoms with Crippen LogP contribution >= 0.6 is 0 Å². The third-order valence-electron chi connectivity index (χ3n) is 1.21. The van der Waals surface area contributed by atoms with Gasteiger partial charge < -0.3 is 4.74 Å². The third-order valence-corrected chi connectivity index (χ3v) is 1.21. The molecule has 2 nitrogen and oxygen atoms in total. The Kier molecular flexibility index (Phi) is 4.70. The molecule has 0 saturated carbocycles. The summed E-state index contributed by atoms with van der Waals surface area (Å²) in [5.74, 6) is -2.10. The molecule has 72 valence electrons. The highest BCUT2D eigenvalue weighted by Gasteiger charge is 2.40. The quantitative estimate of drug-likeness (QED) is 0.495. The van der Waals surface area contributed by atoms with Crippen molar-refractivity contribution in [3.63, 3.8) is 0 Å². The van der Waals surface area contributed by atoms with Gasteiger partial charge >= 0.3 is 12.1 Å². The lowest BCUT2D eigenvalue weighted by atomic mass is 10.3. The SMILES string of the molecule is CCCCCOC(=O)C(F)(F)F. The highest BCUT2D eigenvalue weighted by Crippen LogP contribution is 2.16. The molecule has 0 aliphatic heterocycles. The van der Waals surface area contributed by atoms with E-state index in [1.807, 2.05) is 6.92 Å². The Morgan fingerprint density at radius 1 is 1.33 bits per heavy atom. The largest absolute Gasteiger partial charge is 0.490 e. The highest BCUT2D eigenvalue weighted by molar-refractivity contribution is 5.75. The summed E-state index contributed by atoms with van der Waals surface area (Å²) >= 11 is 0. The van der Waals surface area contributed by atoms with E-state index in [-0.39, 0.29) is 6.61 Å². The first-order valence-corrected chi connectivity index (χ1v) is 3.72. The maximum Gasteiger partial charge on any atom is 0.490 e. The van der Waals surface area contributed by atoms with Crippen molar-refractivity contribution in [1.82, 2.24) is 0 Å². The summed E-state index contributed by atoms with van der Waals surface area (Å²) in [6, 6.07) is 0. The van der Waals surface area contributed by atoms with Crippen LogP contribution in [0.3, 0.4) is 0 Å². The fraction of sp³-hybridized carbons (Fsp3) is 0.857. The van der Waals surface area contributed by atoms with E-state index in [0.29, 0.717) is 6.42 Å². The standard InChI is InChI=1S/C7H11F3O2/c1-2-3-4-5-12-6(11)7(8,9)10/h2-5H2,1H3. The molecule has 0 aromatic rings. The Morgan fingerprint density at radius 2 is 1.92 bits per heavy atom. The van der Waals surface area contributed by atoms with Crippen molar-refractivity contribution in [1.29, 1.82) is 0 Å². The van der Waals surface area contributed by atoms with E-state index in [0.717, 1.165) is 12.8 Å². The van der Waals surface area contributed by atoms with Crippen molar-refractivity contribution in [2.24, 2.45) is 0 Å². The van der Waals surface area contributed by atoms with Crippen molar-refractivity contribution in [3.8, 4) is 0 Å². The first kappa shape index (κ1) is 11.3. The van der Waals surface area contributed by atoms with Gasteiger partial charge in [0.15, 0.2) is 0 Å². The van der Waals surface area contributed by atoms with Crippen molar-refractivity contribution in [2.75, 3.05) is 6.61 Å². The summed E-state index contributed by atoms with van der Waals surface area (Å²) in [5, 5.41) is 0. The second kappa shape index (κ2) is 5.00. The molecule has 0 aliphatic rings. The second-order valence-electron chi connectivity index (χ2n) is 2.34. The van der Waals surface area contributed by atoms with Crippen molar-refractivity contribution < 1.29 is 22.7 Å². The second-order valence-corrected chi connectivity index (χ2v) is 2.34. The van der Waals surface area contributed by atoms with Gasteiger partial charge in [0.25, 0.3) is 0 Å². The van der Waals surface area contributed by atoms with E-state index in [1.165, 1.54) is 0 Å². The lowest BCUT2D eigenvalue weighted by molar-refractivity contribution is -0.199. The molecule has 0 aromatic heterocycles. The Bertz CT molecular complexity index is 142. The van der Waals surface area contributed by atoms with Crippen molar-refractivity contribution in [3.05, 3.63) is 0 Å². The van der Waals surface area contributed by atoms with Gasteiger partial charge in [-0.05, 0) is 6.42 Å². The third kappa shape index (κ3) is 4.98. The van der Waals surface area contributed by atoms with Crippen LogP contribution in [0.5, 0.6) is 0 Å². The lowest BCUT2D eigenvalue weighted by Gasteiger charge is -2.05. The molecule has 0 fully saturated rings. The van der Waals surface area contributed by atoms with Crippen LogP contribution in [0.25, 0.3) is 0 Å². The predicted octanol–water partition coefficient (Wildman–Crippen LogP) is 2.28. The van der Waals surface area contributed by atoms with Gasteiger partial charge in [0, 0.05) is 0 Å². The van der Waals surface area contributed by atoms with E-state index in [1.54, 1.807) is 0 Å². The number of carbonyl (C=O) groups is 1. The molecule has 0 saturated heterocycles. The molecule has 0 aliphatic carbocycles. The van der Waals surface area contributed by atoms with E-state index in [4.69, 9.17) is 0 Å². The Hall–Kier alpha value is -0.740.